The number of hydrogen-bond acceptors (Lipinski definition) is 3. The van der Waals surface area contributed by atoms with Crippen molar-refractivity contribution in [3.8, 4) is 6.07 Å². The van der Waals surface area contributed by atoms with Crippen molar-refractivity contribution in [3.63, 3.8) is 0 Å². The van der Waals surface area contributed by atoms with E-state index in [4.69, 9.17) is 5.26 Å². The van der Waals surface area contributed by atoms with Gasteiger partial charge in [-0.15, -0.1) is 0 Å². The molecule has 17 heavy (non-hydrogen) atoms. The standard InChI is InChI=1S/C12H11NO2.C2H6/c1-15-11(14)9-3-2-4-10(7-9)12(8-13)5-6-12;1-2/h2-4,7H,5-6H2,1H3;1-2H3. The smallest absolute Gasteiger partial charge is 0.337 e. The molecule has 0 radical (unpaired) electrons. The molecule has 3 nitrogen and oxygen atoms in total. The van der Waals surface area contributed by atoms with Crippen LogP contribution in [0.4, 0.5) is 0 Å². The third-order valence-electron chi connectivity index (χ3n) is 2.80. The SMILES string of the molecule is CC.COC(=O)c1cccc(C2(C#N)CC2)c1. The number of carbonyl (C=O) groups excluding carboxylic acids is 1. The molecule has 0 amide bonds. The number of methoxy groups -OCH3 is 1. The molecule has 0 atom stereocenters. The number of ether oxygens (including phenoxy) is 1. The van der Waals surface area contributed by atoms with E-state index in [-0.39, 0.29) is 11.4 Å². The Balaban J connectivity index is 0.000000686. The minimum atomic E-state index is -0.356. The van der Waals surface area contributed by atoms with Gasteiger partial charge < -0.3 is 4.74 Å². The Kier molecular flexibility index (Phi) is 4.28. The van der Waals surface area contributed by atoms with Crippen molar-refractivity contribution >= 4 is 5.97 Å². The summed E-state index contributed by atoms with van der Waals surface area (Å²) >= 11 is 0. The molecule has 1 aromatic rings. The summed E-state index contributed by atoms with van der Waals surface area (Å²) in [6.45, 7) is 4.00. The number of esters is 1. The topological polar surface area (TPSA) is 50.1 Å². The minimum Gasteiger partial charge on any atom is -0.465 e. The van der Waals surface area contributed by atoms with Gasteiger partial charge >= 0.3 is 5.97 Å². The van der Waals surface area contributed by atoms with Gasteiger partial charge in [0, 0.05) is 0 Å². The van der Waals surface area contributed by atoms with E-state index in [2.05, 4.69) is 10.8 Å². The molecule has 0 bridgehead atoms. The average Bonchev–Trinajstić information content (AvgIpc) is 3.21. The third-order valence-corrected chi connectivity index (χ3v) is 2.80. The van der Waals surface area contributed by atoms with Gasteiger partial charge in [-0.2, -0.15) is 5.26 Å². The molecule has 0 aliphatic heterocycles. The fourth-order valence-corrected chi connectivity index (χ4v) is 1.65. The second kappa shape index (κ2) is 5.49. The van der Waals surface area contributed by atoms with Crippen LogP contribution in [0, 0.1) is 11.3 Å². The predicted octanol–water partition coefficient (Wildman–Crippen LogP) is 3.05. The normalized spacial score (nSPS) is 14.9. The summed E-state index contributed by atoms with van der Waals surface area (Å²) in [6, 6.07) is 9.43. The highest BCUT2D eigenvalue weighted by molar-refractivity contribution is 5.89. The lowest BCUT2D eigenvalue weighted by Crippen LogP contribution is -2.06. The maximum absolute atomic E-state index is 11.3. The third kappa shape index (κ3) is 2.65. The first-order chi connectivity index (χ1) is 8.22. The van der Waals surface area contributed by atoms with Crippen LogP contribution in [0.3, 0.4) is 0 Å². The Morgan fingerprint density at radius 1 is 1.41 bits per heavy atom. The lowest BCUT2D eigenvalue weighted by Gasteiger charge is -2.07. The van der Waals surface area contributed by atoms with E-state index in [1.165, 1.54) is 7.11 Å². The van der Waals surface area contributed by atoms with Crippen molar-refractivity contribution in [2.75, 3.05) is 7.11 Å². The molecule has 1 aliphatic rings. The molecule has 1 fully saturated rings. The zero-order valence-corrected chi connectivity index (χ0v) is 10.5. The fourth-order valence-electron chi connectivity index (χ4n) is 1.65. The van der Waals surface area contributed by atoms with E-state index in [1.807, 2.05) is 19.9 Å². The van der Waals surface area contributed by atoms with Crippen LogP contribution < -0.4 is 0 Å². The number of hydrogen-bond donors (Lipinski definition) is 0. The maximum atomic E-state index is 11.3. The van der Waals surface area contributed by atoms with Crippen LogP contribution in [0.25, 0.3) is 0 Å². The summed E-state index contributed by atoms with van der Waals surface area (Å²) in [7, 11) is 1.35. The van der Waals surface area contributed by atoms with Gasteiger partial charge in [0.1, 0.15) is 0 Å². The first-order valence-electron chi connectivity index (χ1n) is 5.82. The van der Waals surface area contributed by atoms with Crippen LogP contribution in [-0.2, 0) is 10.2 Å². The average molecular weight is 231 g/mol. The maximum Gasteiger partial charge on any atom is 0.337 e. The van der Waals surface area contributed by atoms with Crippen LogP contribution in [0.2, 0.25) is 0 Å². The fraction of sp³-hybridized carbons (Fsp3) is 0.429. The lowest BCUT2D eigenvalue weighted by atomic mass is 9.96. The predicted molar refractivity (Wildman–Crippen MR) is 65.7 cm³/mol. The number of rotatable bonds is 2. The van der Waals surface area contributed by atoms with Gasteiger partial charge in [-0.1, -0.05) is 26.0 Å². The second-order valence-corrected chi connectivity index (χ2v) is 3.77. The highest BCUT2D eigenvalue weighted by Gasteiger charge is 2.44. The Bertz CT molecular complexity index is 442. The summed E-state index contributed by atoms with van der Waals surface area (Å²) in [6.07, 6.45) is 1.77. The Morgan fingerprint density at radius 3 is 2.53 bits per heavy atom. The van der Waals surface area contributed by atoms with Crippen LogP contribution in [0.15, 0.2) is 24.3 Å². The first kappa shape index (κ1) is 13.2. The molecule has 0 N–H and O–H groups in total. The van der Waals surface area contributed by atoms with Crippen molar-refractivity contribution in [1.29, 1.82) is 5.26 Å². The molecule has 0 spiro atoms. The lowest BCUT2D eigenvalue weighted by molar-refractivity contribution is 0.0600. The molecule has 0 unspecified atom stereocenters. The summed E-state index contributed by atoms with van der Waals surface area (Å²) in [4.78, 5) is 11.3. The van der Waals surface area contributed by atoms with Crippen LogP contribution in [0.1, 0.15) is 42.6 Å². The van der Waals surface area contributed by atoms with E-state index in [0.717, 1.165) is 18.4 Å². The van der Waals surface area contributed by atoms with E-state index in [9.17, 15) is 4.79 Å². The zero-order valence-electron chi connectivity index (χ0n) is 10.5. The van der Waals surface area contributed by atoms with Crippen molar-refractivity contribution in [2.24, 2.45) is 0 Å². The van der Waals surface area contributed by atoms with Gasteiger partial charge in [-0.3, -0.25) is 0 Å². The highest BCUT2D eigenvalue weighted by Crippen LogP contribution is 2.47. The van der Waals surface area contributed by atoms with E-state index in [0.29, 0.717) is 5.56 Å². The van der Waals surface area contributed by atoms with Crippen molar-refractivity contribution in [2.45, 2.75) is 32.1 Å². The summed E-state index contributed by atoms with van der Waals surface area (Å²) in [5, 5.41) is 9.03. The zero-order chi connectivity index (χ0) is 12.9. The Hall–Kier alpha value is -1.82. The quantitative estimate of drug-likeness (QED) is 0.735. The largest absolute Gasteiger partial charge is 0.465 e. The van der Waals surface area contributed by atoms with E-state index in [1.54, 1.807) is 18.2 Å². The van der Waals surface area contributed by atoms with Gasteiger partial charge in [0.25, 0.3) is 0 Å². The molecule has 0 aromatic heterocycles. The Morgan fingerprint density at radius 2 is 2.06 bits per heavy atom. The van der Waals surface area contributed by atoms with Gasteiger partial charge in [0.2, 0.25) is 0 Å². The summed E-state index contributed by atoms with van der Waals surface area (Å²) in [5.74, 6) is -0.356. The first-order valence-corrected chi connectivity index (χ1v) is 5.82. The highest BCUT2D eigenvalue weighted by atomic mass is 16.5. The van der Waals surface area contributed by atoms with E-state index < -0.39 is 0 Å². The number of nitrogens with zero attached hydrogens (tertiary/aromatic N) is 1. The molecule has 2 rings (SSSR count). The summed E-state index contributed by atoms with van der Waals surface area (Å²) < 4.78 is 4.64. The molecule has 90 valence electrons. The van der Waals surface area contributed by atoms with Crippen LogP contribution in [-0.4, -0.2) is 13.1 Å². The van der Waals surface area contributed by atoms with Gasteiger partial charge in [-0.05, 0) is 30.5 Å². The molecule has 1 saturated carbocycles. The number of carbonyl (C=O) groups is 1. The molecular formula is C14H17NO2. The number of nitriles is 1. The number of benzene rings is 1. The summed E-state index contributed by atoms with van der Waals surface area (Å²) in [5.41, 5.74) is 1.09. The van der Waals surface area contributed by atoms with Crippen molar-refractivity contribution < 1.29 is 9.53 Å². The van der Waals surface area contributed by atoms with Crippen molar-refractivity contribution in [1.82, 2.24) is 0 Å². The minimum absolute atomic E-state index is 0.343. The van der Waals surface area contributed by atoms with Crippen LogP contribution in [0.5, 0.6) is 0 Å². The monoisotopic (exact) mass is 231 g/mol. The van der Waals surface area contributed by atoms with Gasteiger partial charge in [0.15, 0.2) is 0 Å². The van der Waals surface area contributed by atoms with Crippen LogP contribution >= 0.6 is 0 Å². The molecule has 0 saturated heterocycles. The molecule has 1 aliphatic carbocycles. The van der Waals surface area contributed by atoms with Gasteiger partial charge in [-0.25, -0.2) is 4.79 Å². The molecule has 1 aromatic carbocycles. The van der Waals surface area contributed by atoms with Gasteiger partial charge in [0.05, 0.1) is 24.2 Å². The second-order valence-electron chi connectivity index (χ2n) is 3.77. The molecule has 3 heteroatoms. The van der Waals surface area contributed by atoms with Crippen molar-refractivity contribution in [3.05, 3.63) is 35.4 Å². The molecule has 0 heterocycles. The Labute approximate surface area is 102 Å². The van der Waals surface area contributed by atoms with E-state index >= 15 is 0 Å². The molecular weight excluding hydrogens is 214 g/mol.